The van der Waals surface area contributed by atoms with E-state index in [1.54, 1.807) is 18.3 Å². The molecule has 0 aliphatic heterocycles. The molecule has 2 atom stereocenters. The van der Waals surface area contributed by atoms with E-state index in [1.807, 2.05) is 18.2 Å². The number of benzene rings is 1. The van der Waals surface area contributed by atoms with E-state index in [-0.39, 0.29) is 12.1 Å². The van der Waals surface area contributed by atoms with E-state index < -0.39 is 5.91 Å². The summed E-state index contributed by atoms with van der Waals surface area (Å²) in [6.45, 7) is 0. The lowest BCUT2D eigenvalue weighted by Gasteiger charge is -2.29. The molecule has 27 heavy (non-hydrogen) atoms. The van der Waals surface area contributed by atoms with Crippen LogP contribution in [0.4, 0.5) is 17.3 Å². The number of pyridine rings is 1. The first kappa shape index (κ1) is 17.3. The molecule has 140 valence electrons. The highest BCUT2D eigenvalue weighted by Crippen LogP contribution is 2.25. The number of carbonyl (C=O) groups excluding carboxylic acids is 1. The van der Waals surface area contributed by atoms with Crippen molar-refractivity contribution in [1.82, 2.24) is 15.2 Å². The average molecular weight is 365 g/mol. The normalized spacial score (nSPS) is 19.7. The Morgan fingerprint density at radius 1 is 1.19 bits per heavy atom. The third kappa shape index (κ3) is 3.70. The smallest absolute Gasteiger partial charge is 0.252 e. The van der Waals surface area contributed by atoms with Gasteiger partial charge < -0.3 is 22.1 Å². The van der Waals surface area contributed by atoms with Crippen molar-refractivity contribution < 1.29 is 4.79 Å². The number of anilines is 3. The van der Waals surface area contributed by atoms with Crippen molar-refractivity contribution in [2.45, 2.75) is 37.8 Å². The first-order valence-electron chi connectivity index (χ1n) is 9.13. The van der Waals surface area contributed by atoms with Crippen LogP contribution >= 0.6 is 0 Å². The Bertz CT molecular complexity index is 968. The molecule has 1 aliphatic rings. The molecule has 2 heterocycles. The Balaban J connectivity index is 1.61. The van der Waals surface area contributed by atoms with Gasteiger partial charge in [-0.2, -0.15) is 5.10 Å². The third-order valence-corrected chi connectivity index (χ3v) is 5.02. The van der Waals surface area contributed by atoms with E-state index in [9.17, 15) is 4.79 Å². The van der Waals surface area contributed by atoms with Crippen molar-refractivity contribution in [3.63, 3.8) is 0 Å². The topological polar surface area (TPSA) is 135 Å². The molecular formula is C19H23N7O. The number of amides is 1. The van der Waals surface area contributed by atoms with Crippen LogP contribution in [0.2, 0.25) is 0 Å². The number of hydrogen-bond donors (Lipinski definition) is 5. The molecule has 2 aromatic heterocycles. The molecule has 2 unspecified atom stereocenters. The number of carbonyl (C=O) groups is 1. The van der Waals surface area contributed by atoms with Crippen molar-refractivity contribution in [2.75, 3.05) is 10.6 Å². The summed E-state index contributed by atoms with van der Waals surface area (Å²) in [7, 11) is 0. The highest BCUT2D eigenvalue weighted by molar-refractivity contribution is 5.98. The molecule has 4 rings (SSSR count). The second-order valence-corrected chi connectivity index (χ2v) is 6.95. The highest BCUT2D eigenvalue weighted by atomic mass is 16.1. The van der Waals surface area contributed by atoms with Crippen molar-refractivity contribution in [2.24, 2.45) is 11.5 Å². The molecule has 3 aromatic rings. The lowest BCUT2D eigenvalue weighted by molar-refractivity contribution is 0.100. The first-order chi connectivity index (χ1) is 13.1. The van der Waals surface area contributed by atoms with Crippen LogP contribution in [0.25, 0.3) is 10.9 Å². The zero-order valence-corrected chi connectivity index (χ0v) is 14.9. The second-order valence-electron chi connectivity index (χ2n) is 6.95. The minimum absolute atomic E-state index is 0.108. The average Bonchev–Trinajstić information content (AvgIpc) is 3.11. The first-order valence-corrected chi connectivity index (χ1v) is 9.13. The van der Waals surface area contributed by atoms with Crippen LogP contribution in [-0.2, 0) is 0 Å². The number of rotatable bonds is 5. The maximum Gasteiger partial charge on any atom is 0.252 e. The standard InChI is InChI=1S/C19H23N7O/c20-14-3-1-2-4-16(14)24-17-8-6-13(18(21)27)19(25-17)23-12-5-7-15-11(9-12)10-22-26-15/h5-10,14,16H,1-4,20H2,(H2,21,27)(H,22,26)(H2,23,24,25). The Morgan fingerprint density at radius 3 is 2.85 bits per heavy atom. The van der Waals surface area contributed by atoms with Gasteiger partial charge >= 0.3 is 0 Å². The fraction of sp³-hybridized carbons (Fsp3) is 0.316. The van der Waals surface area contributed by atoms with Gasteiger partial charge in [-0.1, -0.05) is 12.8 Å². The fourth-order valence-electron chi connectivity index (χ4n) is 3.52. The summed E-state index contributed by atoms with van der Waals surface area (Å²) in [5.41, 5.74) is 13.8. The van der Waals surface area contributed by atoms with Gasteiger partial charge in [0.05, 0.1) is 17.3 Å². The monoisotopic (exact) mass is 365 g/mol. The van der Waals surface area contributed by atoms with E-state index >= 15 is 0 Å². The van der Waals surface area contributed by atoms with E-state index in [0.29, 0.717) is 17.2 Å². The van der Waals surface area contributed by atoms with E-state index in [1.165, 1.54) is 0 Å². The van der Waals surface area contributed by atoms with Crippen molar-refractivity contribution in [3.8, 4) is 0 Å². The number of nitrogens with zero attached hydrogens (tertiary/aromatic N) is 2. The number of H-pyrrole nitrogens is 1. The zero-order chi connectivity index (χ0) is 18.8. The number of fused-ring (bicyclic) bond motifs is 1. The van der Waals surface area contributed by atoms with Gasteiger partial charge in [0.15, 0.2) is 0 Å². The quantitative estimate of drug-likeness (QED) is 0.471. The van der Waals surface area contributed by atoms with Crippen LogP contribution in [0.3, 0.4) is 0 Å². The maximum absolute atomic E-state index is 11.8. The Hall–Kier alpha value is -3.13. The van der Waals surface area contributed by atoms with Gasteiger partial charge in [-0.25, -0.2) is 4.98 Å². The predicted molar refractivity (Wildman–Crippen MR) is 106 cm³/mol. The minimum atomic E-state index is -0.532. The zero-order valence-electron chi connectivity index (χ0n) is 14.9. The largest absolute Gasteiger partial charge is 0.366 e. The van der Waals surface area contributed by atoms with Crippen molar-refractivity contribution in [3.05, 3.63) is 42.1 Å². The molecule has 0 radical (unpaired) electrons. The van der Waals surface area contributed by atoms with Gasteiger partial charge in [0, 0.05) is 23.2 Å². The number of primary amides is 1. The molecule has 1 saturated carbocycles. The number of hydrogen-bond acceptors (Lipinski definition) is 6. The SMILES string of the molecule is NC(=O)c1ccc(NC2CCCCC2N)nc1Nc1ccc2[nH]ncc2c1. The Morgan fingerprint density at radius 2 is 2.04 bits per heavy atom. The van der Waals surface area contributed by atoms with Crippen LogP contribution in [0, 0.1) is 0 Å². The summed E-state index contributed by atoms with van der Waals surface area (Å²) in [4.78, 5) is 16.4. The summed E-state index contributed by atoms with van der Waals surface area (Å²) in [5.74, 6) is 0.560. The third-order valence-electron chi connectivity index (χ3n) is 5.02. The summed E-state index contributed by atoms with van der Waals surface area (Å²) in [6.07, 6.45) is 6.08. The fourth-order valence-corrected chi connectivity index (χ4v) is 3.52. The number of aromatic nitrogens is 3. The van der Waals surface area contributed by atoms with E-state index in [2.05, 4.69) is 25.8 Å². The minimum Gasteiger partial charge on any atom is -0.366 e. The molecule has 1 amide bonds. The molecule has 0 bridgehead atoms. The predicted octanol–water partition coefficient (Wildman–Crippen LogP) is 2.48. The van der Waals surface area contributed by atoms with E-state index in [4.69, 9.17) is 11.5 Å². The summed E-state index contributed by atoms with van der Waals surface area (Å²) < 4.78 is 0. The summed E-state index contributed by atoms with van der Waals surface area (Å²) in [6, 6.07) is 9.48. The molecule has 1 aliphatic carbocycles. The van der Waals surface area contributed by atoms with Gasteiger partial charge in [0.1, 0.15) is 11.6 Å². The highest BCUT2D eigenvalue weighted by Gasteiger charge is 2.22. The Labute approximate surface area is 156 Å². The van der Waals surface area contributed by atoms with E-state index in [0.717, 1.165) is 42.3 Å². The lowest BCUT2D eigenvalue weighted by atomic mass is 9.91. The van der Waals surface area contributed by atoms with Gasteiger partial charge in [0.25, 0.3) is 5.91 Å². The number of nitrogens with two attached hydrogens (primary N) is 2. The van der Waals surface area contributed by atoms with Crippen LogP contribution in [0.1, 0.15) is 36.0 Å². The summed E-state index contributed by atoms with van der Waals surface area (Å²) >= 11 is 0. The second kappa shape index (κ2) is 7.24. The molecular weight excluding hydrogens is 342 g/mol. The van der Waals surface area contributed by atoms with Gasteiger partial charge in [-0.15, -0.1) is 0 Å². The maximum atomic E-state index is 11.8. The van der Waals surface area contributed by atoms with Crippen molar-refractivity contribution >= 4 is 34.1 Å². The molecule has 1 aromatic carbocycles. The molecule has 0 spiro atoms. The summed E-state index contributed by atoms with van der Waals surface area (Å²) in [5, 5.41) is 14.5. The molecule has 8 nitrogen and oxygen atoms in total. The number of aromatic amines is 1. The van der Waals surface area contributed by atoms with Crippen LogP contribution in [0.15, 0.2) is 36.5 Å². The van der Waals surface area contributed by atoms with Crippen LogP contribution < -0.4 is 22.1 Å². The number of nitrogens with one attached hydrogen (secondary N) is 3. The lowest BCUT2D eigenvalue weighted by Crippen LogP contribution is -2.42. The van der Waals surface area contributed by atoms with Gasteiger partial charge in [0.2, 0.25) is 0 Å². The van der Waals surface area contributed by atoms with Crippen LogP contribution in [-0.4, -0.2) is 33.2 Å². The molecule has 0 saturated heterocycles. The van der Waals surface area contributed by atoms with Gasteiger partial charge in [-0.05, 0) is 43.2 Å². The van der Waals surface area contributed by atoms with Crippen LogP contribution in [0.5, 0.6) is 0 Å². The molecule has 1 fully saturated rings. The van der Waals surface area contributed by atoms with Gasteiger partial charge in [-0.3, -0.25) is 9.89 Å². The Kier molecular flexibility index (Phi) is 4.64. The molecule has 7 N–H and O–H groups in total. The van der Waals surface area contributed by atoms with Crippen molar-refractivity contribution in [1.29, 1.82) is 0 Å². The molecule has 8 heteroatoms.